The van der Waals surface area contributed by atoms with Crippen LogP contribution in [0.2, 0.25) is 0 Å². The second-order valence-electron chi connectivity index (χ2n) is 6.03. The van der Waals surface area contributed by atoms with E-state index in [-0.39, 0.29) is 11.7 Å². The molecule has 1 aromatic carbocycles. The standard InChI is InChI=1S/C19H17FN4OS/c1-26-17-10-9-12(11-21-17)22-19(25)18-13-5-4-8-15(13)24(23-18)16-7-3-2-6-14(16)20/h2-3,6-7,9-11H,4-5,8H2,1H3,(H,22,25). The molecule has 2 heterocycles. The van der Waals surface area contributed by atoms with Gasteiger partial charge in [0.15, 0.2) is 5.69 Å². The molecule has 4 rings (SSSR count). The summed E-state index contributed by atoms with van der Waals surface area (Å²) in [5.74, 6) is -0.648. The average molecular weight is 368 g/mol. The summed E-state index contributed by atoms with van der Waals surface area (Å²) in [6.07, 6.45) is 6.06. The van der Waals surface area contributed by atoms with Crippen LogP contribution in [0.25, 0.3) is 5.69 Å². The third-order valence-corrected chi connectivity index (χ3v) is 5.09. The highest BCUT2D eigenvalue weighted by Gasteiger charge is 2.27. The molecular formula is C19H17FN4OS. The van der Waals surface area contributed by atoms with Crippen molar-refractivity contribution in [3.63, 3.8) is 0 Å². The number of rotatable bonds is 4. The quantitative estimate of drug-likeness (QED) is 0.710. The highest BCUT2D eigenvalue weighted by molar-refractivity contribution is 7.98. The Kier molecular flexibility index (Phi) is 4.46. The summed E-state index contributed by atoms with van der Waals surface area (Å²) in [5.41, 5.74) is 3.15. The van der Waals surface area contributed by atoms with Crippen LogP contribution in [0.1, 0.15) is 28.2 Å². The van der Waals surface area contributed by atoms with Crippen molar-refractivity contribution in [2.75, 3.05) is 11.6 Å². The Morgan fingerprint density at radius 3 is 2.81 bits per heavy atom. The second-order valence-corrected chi connectivity index (χ2v) is 6.86. The van der Waals surface area contributed by atoms with Crippen LogP contribution in [0, 0.1) is 5.82 Å². The van der Waals surface area contributed by atoms with Crippen molar-refractivity contribution >= 4 is 23.4 Å². The van der Waals surface area contributed by atoms with E-state index in [0.29, 0.717) is 17.1 Å². The second kappa shape index (κ2) is 6.92. The number of pyridine rings is 1. The van der Waals surface area contributed by atoms with Crippen molar-refractivity contribution in [3.8, 4) is 5.69 Å². The van der Waals surface area contributed by atoms with Gasteiger partial charge in [-0.2, -0.15) is 5.10 Å². The molecule has 0 bridgehead atoms. The molecule has 1 amide bonds. The Bertz CT molecular complexity index is 968. The molecule has 0 spiro atoms. The van der Waals surface area contributed by atoms with Crippen molar-refractivity contribution in [2.45, 2.75) is 24.3 Å². The SMILES string of the molecule is CSc1ccc(NC(=O)c2nn(-c3ccccc3F)c3c2CCC3)cn1. The number of halogens is 1. The zero-order valence-corrected chi connectivity index (χ0v) is 15.0. The van der Waals surface area contributed by atoms with Crippen molar-refractivity contribution < 1.29 is 9.18 Å². The molecule has 0 radical (unpaired) electrons. The van der Waals surface area contributed by atoms with Crippen LogP contribution in [0.15, 0.2) is 47.6 Å². The van der Waals surface area contributed by atoms with E-state index in [2.05, 4.69) is 15.4 Å². The number of amides is 1. The summed E-state index contributed by atoms with van der Waals surface area (Å²) in [7, 11) is 0. The van der Waals surface area contributed by atoms with Gasteiger partial charge in [0.2, 0.25) is 0 Å². The van der Waals surface area contributed by atoms with E-state index in [1.807, 2.05) is 18.4 Å². The lowest BCUT2D eigenvalue weighted by atomic mass is 10.2. The molecule has 7 heteroatoms. The number of hydrogen-bond donors (Lipinski definition) is 1. The number of benzene rings is 1. The number of thioether (sulfide) groups is 1. The van der Waals surface area contributed by atoms with E-state index < -0.39 is 0 Å². The molecule has 0 saturated heterocycles. The minimum atomic E-state index is -0.353. The number of hydrogen-bond acceptors (Lipinski definition) is 4. The fourth-order valence-electron chi connectivity index (χ4n) is 3.21. The van der Waals surface area contributed by atoms with Crippen LogP contribution >= 0.6 is 11.8 Å². The van der Waals surface area contributed by atoms with Gasteiger partial charge in [-0.15, -0.1) is 11.8 Å². The first kappa shape index (κ1) is 16.8. The van der Waals surface area contributed by atoms with Gasteiger partial charge in [0.1, 0.15) is 11.5 Å². The van der Waals surface area contributed by atoms with Gasteiger partial charge in [0, 0.05) is 11.3 Å². The van der Waals surface area contributed by atoms with Crippen LogP contribution in [-0.4, -0.2) is 26.9 Å². The Morgan fingerprint density at radius 1 is 1.23 bits per heavy atom. The van der Waals surface area contributed by atoms with Crippen LogP contribution in [0.5, 0.6) is 0 Å². The normalized spacial score (nSPS) is 12.8. The van der Waals surface area contributed by atoms with E-state index in [1.54, 1.807) is 29.1 Å². The molecule has 26 heavy (non-hydrogen) atoms. The molecule has 0 unspecified atom stereocenters. The molecule has 0 atom stereocenters. The van der Waals surface area contributed by atoms with E-state index in [9.17, 15) is 9.18 Å². The summed E-state index contributed by atoms with van der Waals surface area (Å²) in [6.45, 7) is 0. The molecule has 1 aliphatic carbocycles. The molecule has 2 aromatic heterocycles. The zero-order valence-electron chi connectivity index (χ0n) is 14.2. The molecule has 5 nitrogen and oxygen atoms in total. The Morgan fingerprint density at radius 2 is 2.08 bits per heavy atom. The maximum absolute atomic E-state index is 14.2. The van der Waals surface area contributed by atoms with Crippen molar-refractivity contribution in [1.82, 2.24) is 14.8 Å². The van der Waals surface area contributed by atoms with Crippen LogP contribution in [0.3, 0.4) is 0 Å². The van der Waals surface area contributed by atoms with Gasteiger partial charge >= 0.3 is 0 Å². The lowest BCUT2D eigenvalue weighted by molar-refractivity contribution is 0.102. The molecular weight excluding hydrogens is 351 g/mol. The van der Waals surface area contributed by atoms with Gasteiger partial charge in [0.05, 0.1) is 16.9 Å². The summed E-state index contributed by atoms with van der Waals surface area (Å²) in [6, 6.07) is 10.1. The Balaban J connectivity index is 1.67. The van der Waals surface area contributed by atoms with Gasteiger partial charge in [0.25, 0.3) is 5.91 Å². The molecule has 0 fully saturated rings. The highest BCUT2D eigenvalue weighted by Crippen LogP contribution is 2.29. The predicted octanol–water partition coefficient (Wildman–Crippen LogP) is 3.87. The maximum Gasteiger partial charge on any atom is 0.276 e. The fraction of sp³-hybridized carbons (Fsp3) is 0.211. The third kappa shape index (κ3) is 2.99. The number of aromatic nitrogens is 3. The molecule has 0 saturated carbocycles. The minimum Gasteiger partial charge on any atom is -0.319 e. The lowest BCUT2D eigenvalue weighted by Crippen LogP contribution is -2.15. The Labute approximate surface area is 154 Å². The number of fused-ring (bicyclic) bond motifs is 1. The van der Waals surface area contributed by atoms with E-state index in [1.165, 1.54) is 17.8 Å². The van der Waals surface area contributed by atoms with Gasteiger partial charge in [-0.3, -0.25) is 4.79 Å². The maximum atomic E-state index is 14.2. The molecule has 1 aliphatic rings. The first-order valence-electron chi connectivity index (χ1n) is 8.34. The number of anilines is 1. The van der Waals surface area contributed by atoms with Gasteiger partial charge in [-0.05, 0) is 49.8 Å². The van der Waals surface area contributed by atoms with Crippen LogP contribution in [-0.2, 0) is 12.8 Å². The molecule has 0 aliphatic heterocycles. The van der Waals surface area contributed by atoms with Crippen LogP contribution in [0.4, 0.5) is 10.1 Å². The largest absolute Gasteiger partial charge is 0.319 e. The first-order chi connectivity index (χ1) is 12.7. The summed E-state index contributed by atoms with van der Waals surface area (Å²) < 4.78 is 15.8. The smallest absolute Gasteiger partial charge is 0.276 e. The zero-order chi connectivity index (χ0) is 18.1. The first-order valence-corrected chi connectivity index (χ1v) is 9.57. The predicted molar refractivity (Wildman–Crippen MR) is 99.5 cm³/mol. The monoisotopic (exact) mass is 368 g/mol. The molecule has 3 aromatic rings. The number of nitrogens with zero attached hydrogens (tertiary/aromatic N) is 3. The van der Waals surface area contributed by atoms with Crippen molar-refractivity contribution in [2.24, 2.45) is 0 Å². The molecule has 1 N–H and O–H groups in total. The van der Waals surface area contributed by atoms with Gasteiger partial charge < -0.3 is 5.32 Å². The van der Waals surface area contributed by atoms with E-state index >= 15 is 0 Å². The van der Waals surface area contributed by atoms with Crippen molar-refractivity contribution in [1.29, 1.82) is 0 Å². The number of nitrogens with one attached hydrogen (secondary N) is 1. The average Bonchev–Trinajstić information content (AvgIpc) is 3.25. The number of para-hydroxylation sites is 1. The summed E-state index contributed by atoms with van der Waals surface area (Å²) >= 11 is 1.54. The topological polar surface area (TPSA) is 59.8 Å². The fourth-order valence-corrected chi connectivity index (χ4v) is 3.57. The van der Waals surface area contributed by atoms with E-state index in [0.717, 1.165) is 35.5 Å². The third-order valence-electron chi connectivity index (χ3n) is 4.43. The summed E-state index contributed by atoms with van der Waals surface area (Å²) in [4.78, 5) is 17.0. The van der Waals surface area contributed by atoms with Gasteiger partial charge in [-0.25, -0.2) is 14.1 Å². The van der Waals surface area contributed by atoms with E-state index in [4.69, 9.17) is 0 Å². The van der Waals surface area contributed by atoms with Crippen LogP contribution < -0.4 is 5.32 Å². The lowest BCUT2D eigenvalue weighted by Gasteiger charge is -2.06. The molecule has 132 valence electrons. The van der Waals surface area contributed by atoms with Gasteiger partial charge in [-0.1, -0.05) is 12.1 Å². The van der Waals surface area contributed by atoms with Crippen molar-refractivity contribution in [3.05, 3.63) is 65.4 Å². The highest BCUT2D eigenvalue weighted by atomic mass is 32.2. The Hall–Kier alpha value is -2.67. The summed E-state index contributed by atoms with van der Waals surface area (Å²) in [5, 5.41) is 8.15. The minimum absolute atomic E-state index is 0.294. The number of carbonyl (C=O) groups is 1. The number of carbonyl (C=O) groups excluding carboxylic acids is 1.